The Morgan fingerprint density at radius 2 is 1.90 bits per heavy atom. The minimum Gasteiger partial charge on any atom is -0.312 e. The van der Waals surface area contributed by atoms with Gasteiger partial charge in [-0.1, -0.05) is 13.8 Å². The van der Waals surface area contributed by atoms with Gasteiger partial charge in [0.15, 0.2) is 0 Å². The van der Waals surface area contributed by atoms with Crippen molar-refractivity contribution in [2.24, 2.45) is 0 Å². The summed E-state index contributed by atoms with van der Waals surface area (Å²) in [6.45, 7) is 10.8. The standard InChI is InChI=1S/C15H31N3O2S/c1-3-7-16-14(6-5-12-21(19,20)4-2)15-13-17-8-10-18(15)11-9-17/h14-16H,3-13H2,1-2H3. The highest BCUT2D eigenvalue weighted by atomic mass is 32.2. The molecule has 21 heavy (non-hydrogen) atoms. The largest absolute Gasteiger partial charge is 0.312 e. The van der Waals surface area contributed by atoms with Crippen molar-refractivity contribution >= 4 is 9.84 Å². The van der Waals surface area contributed by atoms with Crippen LogP contribution in [-0.2, 0) is 9.84 Å². The first kappa shape index (κ1) is 17.2. The molecule has 3 rings (SSSR count). The van der Waals surface area contributed by atoms with Crippen LogP contribution in [0.25, 0.3) is 0 Å². The Morgan fingerprint density at radius 3 is 2.43 bits per heavy atom. The van der Waals surface area contributed by atoms with Crippen LogP contribution < -0.4 is 5.32 Å². The molecular formula is C15H31N3O2S. The summed E-state index contributed by atoms with van der Waals surface area (Å²) in [6.07, 6.45) is 2.87. The van der Waals surface area contributed by atoms with Crippen LogP contribution in [-0.4, -0.2) is 81.1 Å². The molecule has 0 amide bonds. The second-order valence-corrected chi connectivity index (χ2v) is 8.82. The Labute approximate surface area is 130 Å². The molecular weight excluding hydrogens is 286 g/mol. The Hall–Kier alpha value is -0.170. The average Bonchev–Trinajstić information content (AvgIpc) is 2.51. The van der Waals surface area contributed by atoms with E-state index in [0.29, 0.717) is 17.8 Å². The molecule has 3 aliphatic heterocycles. The molecule has 2 unspecified atom stereocenters. The molecule has 124 valence electrons. The molecule has 3 heterocycles. The molecule has 0 radical (unpaired) electrons. The predicted molar refractivity (Wildman–Crippen MR) is 87.4 cm³/mol. The highest BCUT2D eigenvalue weighted by molar-refractivity contribution is 7.91. The lowest BCUT2D eigenvalue weighted by atomic mass is 9.96. The second kappa shape index (κ2) is 7.90. The van der Waals surface area contributed by atoms with E-state index in [1.165, 1.54) is 26.2 Å². The highest BCUT2D eigenvalue weighted by Crippen LogP contribution is 2.20. The van der Waals surface area contributed by atoms with Gasteiger partial charge in [0.25, 0.3) is 0 Å². The fraction of sp³-hybridized carbons (Fsp3) is 1.00. The third-order valence-corrected chi connectivity index (χ3v) is 6.64. The van der Waals surface area contributed by atoms with Gasteiger partial charge < -0.3 is 5.32 Å². The Morgan fingerprint density at radius 1 is 1.19 bits per heavy atom. The zero-order valence-electron chi connectivity index (χ0n) is 13.6. The lowest BCUT2D eigenvalue weighted by Crippen LogP contribution is -2.66. The number of sulfone groups is 1. The molecule has 2 bridgehead atoms. The maximum atomic E-state index is 11.7. The molecule has 3 saturated heterocycles. The molecule has 3 fully saturated rings. The first-order valence-corrected chi connectivity index (χ1v) is 10.3. The maximum absolute atomic E-state index is 11.7. The van der Waals surface area contributed by atoms with E-state index in [2.05, 4.69) is 22.0 Å². The van der Waals surface area contributed by atoms with Crippen molar-refractivity contribution in [2.45, 2.75) is 45.2 Å². The Kier molecular flexibility index (Phi) is 6.47. The number of fused-ring (bicyclic) bond motifs is 3. The van der Waals surface area contributed by atoms with Crippen LogP contribution in [0.2, 0.25) is 0 Å². The highest BCUT2D eigenvalue weighted by Gasteiger charge is 2.36. The van der Waals surface area contributed by atoms with Crippen LogP contribution in [0.15, 0.2) is 0 Å². The van der Waals surface area contributed by atoms with E-state index in [-0.39, 0.29) is 5.75 Å². The van der Waals surface area contributed by atoms with Gasteiger partial charge >= 0.3 is 0 Å². The number of nitrogens with one attached hydrogen (secondary N) is 1. The molecule has 5 nitrogen and oxygen atoms in total. The predicted octanol–water partition coefficient (Wildman–Crippen LogP) is 0.569. The van der Waals surface area contributed by atoms with E-state index in [9.17, 15) is 8.42 Å². The molecule has 1 N–H and O–H groups in total. The second-order valence-electron chi connectivity index (χ2n) is 6.34. The lowest BCUT2D eigenvalue weighted by molar-refractivity contribution is -0.00449. The molecule has 0 aromatic heterocycles. The van der Waals surface area contributed by atoms with Gasteiger partial charge in [-0.2, -0.15) is 0 Å². The SMILES string of the molecule is CCCNC(CCCS(=O)(=O)CC)C1CN2CCN1CC2. The summed E-state index contributed by atoms with van der Waals surface area (Å²) >= 11 is 0. The van der Waals surface area contributed by atoms with Crippen LogP contribution in [0, 0.1) is 0 Å². The van der Waals surface area contributed by atoms with E-state index in [1.807, 2.05) is 0 Å². The first-order chi connectivity index (χ1) is 10.1. The van der Waals surface area contributed by atoms with Crippen molar-refractivity contribution in [1.29, 1.82) is 0 Å². The average molecular weight is 317 g/mol. The summed E-state index contributed by atoms with van der Waals surface area (Å²) in [5.74, 6) is 0.605. The molecule has 3 aliphatic rings. The molecule has 0 saturated carbocycles. The van der Waals surface area contributed by atoms with E-state index in [4.69, 9.17) is 0 Å². The fourth-order valence-corrected chi connectivity index (χ4v) is 4.36. The van der Waals surface area contributed by atoms with Crippen molar-refractivity contribution in [3.8, 4) is 0 Å². The van der Waals surface area contributed by atoms with Gasteiger partial charge in [0.2, 0.25) is 0 Å². The number of piperazine rings is 3. The minimum absolute atomic E-state index is 0.267. The quantitative estimate of drug-likeness (QED) is 0.674. The van der Waals surface area contributed by atoms with Gasteiger partial charge in [-0.05, 0) is 25.8 Å². The van der Waals surface area contributed by atoms with Crippen molar-refractivity contribution in [3.63, 3.8) is 0 Å². The number of rotatable bonds is 9. The molecule has 2 atom stereocenters. The zero-order chi connectivity index (χ0) is 15.3. The van der Waals surface area contributed by atoms with Crippen LogP contribution in [0.4, 0.5) is 0 Å². The number of hydrogen-bond donors (Lipinski definition) is 1. The van der Waals surface area contributed by atoms with Crippen LogP contribution in [0.5, 0.6) is 0 Å². The summed E-state index contributed by atoms with van der Waals surface area (Å²) in [4.78, 5) is 5.15. The van der Waals surface area contributed by atoms with Crippen molar-refractivity contribution in [1.82, 2.24) is 15.1 Å². The molecule has 0 aromatic carbocycles. The van der Waals surface area contributed by atoms with Gasteiger partial charge in [-0.3, -0.25) is 9.80 Å². The van der Waals surface area contributed by atoms with Crippen LogP contribution >= 0.6 is 0 Å². The van der Waals surface area contributed by atoms with Gasteiger partial charge in [-0.15, -0.1) is 0 Å². The summed E-state index contributed by atoms with van der Waals surface area (Å²) in [6, 6.07) is 0.989. The fourth-order valence-electron chi connectivity index (χ4n) is 3.47. The molecule has 0 aromatic rings. The summed E-state index contributed by atoms with van der Waals surface area (Å²) < 4.78 is 23.3. The van der Waals surface area contributed by atoms with E-state index < -0.39 is 9.84 Å². The number of hydrogen-bond acceptors (Lipinski definition) is 5. The first-order valence-electron chi connectivity index (χ1n) is 8.46. The Balaban J connectivity index is 1.88. The summed E-state index contributed by atoms with van der Waals surface area (Å²) in [5, 5.41) is 3.67. The zero-order valence-corrected chi connectivity index (χ0v) is 14.4. The van der Waals surface area contributed by atoms with Gasteiger partial charge in [0, 0.05) is 50.6 Å². The molecule has 0 spiro atoms. The van der Waals surface area contributed by atoms with E-state index >= 15 is 0 Å². The monoisotopic (exact) mass is 317 g/mol. The van der Waals surface area contributed by atoms with Crippen molar-refractivity contribution in [2.75, 3.05) is 50.8 Å². The summed E-state index contributed by atoms with van der Waals surface area (Å²) in [7, 11) is -2.83. The normalized spacial score (nSPS) is 30.5. The van der Waals surface area contributed by atoms with E-state index in [1.54, 1.807) is 6.92 Å². The van der Waals surface area contributed by atoms with Gasteiger partial charge in [0.1, 0.15) is 9.84 Å². The van der Waals surface area contributed by atoms with Crippen LogP contribution in [0.1, 0.15) is 33.1 Å². The Bertz CT molecular complexity index is 405. The smallest absolute Gasteiger partial charge is 0.150 e. The topological polar surface area (TPSA) is 52.7 Å². The van der Waals surface area contributed by atoms with Crippen molar-refractivity contribution in [3.05, 3.63) is 0 Å². The van der Waals surface area contributed by atoms with Gasteiger partial charge in [0.05, 0.1) is 5.75 Å². The van der Waals surface area contributed by atoms with Gasteiger partial charge in [-0.25, -0.2) is 8.42 Å². The number of nitrogens with zero attached hydrogens (tertiary/aromatic N) is 2. The van der Waals surface area contributed by atoms with E-state index in [0.717, 1.165) is 32.4 Å². The third-order valence-electron chi connectivity index (χ3n) is 4.85. The lowest BCUT2D eigenvalue weighted by Gasteiger charge is -2.50. The summed E-state index contributed by atoms with van der Waals surface area (Å²) in [5.41, 5.74) is 0. The molecule has 6 heteroatoms. The molecule has 0 aliphatic carbocycles. The van der Waals surface area contributed by atoms with Crippen LogP contribution in [0.3, 0.4) is 0 Å². The van der Waals surface area contributed by atoms with Crippen molar-refractivity contribution < 1.29 is 8.42 Å². The third kappa shape index (κ3) is 4.91. The maximum Gasteiger partial charge on any atom is 0.150 e. The minimum atomic E-state index is -2.83.